The van der Waals surface area contributed by atoms with E-state index in [9.17, 15) is 14.4 Å². The molecular formula is C24H27N3O4S. The Kier molecular flexibility index (Phi) is 7.69. The van der Waals surface area contributed by atoms with Crippen molar-refractivity contribution in [2.45, 2.75) is 32.0 Å². The molecule has 1 amide bonds. The molecule has 0 bridgehead atoms. The molecule has 0 fully saturated rings. The first-order chi connectivity index (χ1) is 15.3. The summed E-state index contributed by atoms with van der Waals surface area (Å²) in [4.78, 5) is 44.2. The van der Waals surface area contributed by atoms with Gasteiger partial charge in [0.1, 0.15) is 0 Å². The van der Waals surface area contributed by atoms with Gasteiger partial charge in [-0.1, -0.05) is 49.9 Å². The lowest BCUT2D eigenvalue weighted by atomic mass is 10.1. The lowest BCUT2D eigenvalue weighted by Crippen LogP contribution is -2.30. The molecule has 3 aromatic rings. The van der Waals surface area contributed by atoms with Gasteiger partial charge >= 0.3 is 5.97 Å². The summed E-state index contributed by atoms with van der Waals surface area (Å²) in [6, 6.07) is 14.0. The van der Waals surface area contributed by atoms with Crippen LogP contribution in [0.15, 0.2) is 58.5 Å². The highest BCUT2D eigenvalue weighted by molar-refractivity contribution is 7.99. The molecule has 0 saturated heterocycles. The van der Waals surface area contributed by atoms with E-state index in [4.69, 9.17) is 4.74 Å². The Balaban J connectivity index is 1.87. The zero-order valence-electron chi connectivity index (χ0n) is 18.7. The summed E-state index contributed by atoms with van der Waals surface area (Å²) in [5.41, 5.74) is 1.29. The van der Waals surface area contributed by atoms with Crippen LogP contribution in [-0.4, -0.2) is 41.3 Å². The van der Waals surface area contributed by atoms with E-state index in [1.807, 2.05) is 12.1 Å². The number of anilines is 1. The molecule has 1 aromatic heterocycles. The van der Waals surface area contributed by atoms with Gasteiger partial charge in [-0.2, -0.15) is 0 Å². The Bertz CT molecular complexity index is 1190. The van der Waals surface area contributed by atoms with Crippen molar-refractivity contribution in [1.82, 2.24) is 9.55 Å². The highest BCUT2D eigenvalue weighted by Crippen LogP contribution is 2.23. The smallest absolute Gasteiger partial charge is 0.339 e. The van der Waals surface area contributed by atoms with E-state index in [0.717, 1.165) is 6.42 Å². The standard InChI is InChI=1S/C24H27N3O4S/c1-16(2)13-14-27-22(29)17-9-5-7-11-19(17)25-24(27)32-15-21(28)26(3)20-12-8-6-10-18(20)23(30)31-4/h5-12,16H,13-15H2,1-4H3. The van der Waals surface area contributed by atoms with Gasteiger partial charge in [0.15, 0.2) is 5.16 Å². The van der Waals surface area contributed by atoms with Gasteiger partial charge in [0.2, 0.25) is 5.91 Å². The second-order valence-corrected chi connectivity index (χ2v) is 8.74. The van der Waals surface area contributed by atoms with Gasteiger partial charge in [-0.25, -0.2) is 9.78 Å². The first-order valence-electron chi connectivity index (χ1n) is 10.4. The minimum Gasteiger partial charge on any atom is -0.465 e. The minimum atomic E-state index is -0.508. The van der Waals surface area contributed by atoms with Crippen LogP contribution in [0.25, 0.3) is 10.9 Å². The number of aromatic nitrogens is 2. The Hall–Kier alpha value is -3.13. The summed E-state index contributed by atoms with van der Waals surface area (Å²) in [5, 5.41) is 1.08. The molecule has 2 aromatic carbocycles. The van der Waals surface area contributed by atoms with Crippen molar-refractivity contribution >= 4 is 40.2 Å². The fourth-order valence-electron chi connectivity index (χ4n) is 3.25. The zero-order chi connectivity index (χ0) is 23.3. The molecule has 0 spiro atoms. The van der Waals surface area contributed by atoms with Crippen LogP contribution in [0.1, 0.15) is 30.6 Å². The van der Waals surface area contributed by atoms with Crippen molar-refractivity contribution in [2.75, 3.05) is 24.8 Å². The predicted molar refractivity (Wildman–Crippen MR) is 127 cm³/mol. The van der Waals surface area contributed by atoms with Crippen LogP contribution in [0.5, 0.6) is 0 Å². The van der Waals surface area contributed by atoms with Gasteiger partial charge in [0.25, 0.3) is 5.56 Å². The first kappa shape index (κ1) is 23.5. The average Bonchev–Trinajstić information content (AvgIpc) is 2.80. The molecule has 0 N–H and O–H groups in total. The molecule has 3 rings (SSSR count). The lowest BCUT2D eigenvalue weighted by molar-refractivity contribution is -0.115. The van der Waals surface area contributed by atoms with Crippen molar-refractivity contribution in [2.24, 2.45) is 5.92 Å². The molecule has 7 nitrogen and oxygen atoms in total. The first-order valence-corrected chi connectivity index (χ1v) is 11.4. The molecule has 1 heterocycles. The SMILES string of the molecule is COC(=O)c1ccccc1N(C)C(=O)CSc1nc2ccccc2c(=O)n1CCC(C)C. The molecule has 0 radical (unpaired) electrons. The monoisotopic (exact) mass is 453 g/mol. The van der Waals surface area contributed by atoms with Crippen LogP contribution in [0.2, 0.25) is 0 Å². The van der Waals surface area contributed by atoms with Crippen molar-refractivity contribution in [3.8, 4) is 0 Å². The van der Waals surface area contributed by atoms with E-state index in [1.165, 1.54) is 23.8 Å². The number of methoxy groups -OCH3 is 1. The van der Waals surface area contributed by atoms with Crippen molar-refractivity contribution < 1.29 is 14.3 Å². The minimum absolute atomic E-state index is 0.0679. The number of hydrogen-bond donors (Lipinski definition) is 0. The Labute approximate surface area is 191 Å². The molecule has 0 aliphatic carbocycles. The van der Waals surface area contributed by atoms with E-state index in [0.29, 0.717) is 39.8 Å². The van der Waals surface area contributed by atoms with Gasteiger partial charge in [-0.15, -0.1) is 0 Å². The summed E-state index contributed by atoms with van der Waals surface area (Å²) >= 11 is 1.22. The number of hydrogen-bond acceptors (Lipinski definition) is 6. The maximum atomic E-state index is 13.1. The number of nitrogens with zero attached hydrogens (tertiary/aromatic N) is 3. The summed E-state index contributed by atoms with van der Waals surface area (Å²) in [6.45, 7) is 4.74. The highest BCUT2D eigenvalue weighted by atomic mass is 32.2. The maximum Gasteiger partial charge on any atom is 0.339 e. The molecule has 0 atom stereocenters. The van der Waals surface area contributed by atoms with E-state index >= 15 is 0 Å². The van der Waals surface area contributed by atoms with Crippen LogP contribution in [-0.2, 0) is 16.1 Å². The summed E-state index contributed by atoms with van der Waals surface area (Å²) in [7, 11) is 2.92. The zero-order valence-corrected chi connectivity index (χ0v) is 19.5. The van der Waals surface area contributed by atoms with Gasteiger partial charge in [0, 0.05) is 13.6 Å². The molecular weight excluding hydrogens is 426 g/mol. The van der Waals surface area contributed by atoms with Crippen LogP contribution >= 0.6 is 11.8 Å². The summed E-state index contributed by atoms with van der Waals surface area (Å²) in [6.07, 6.45) is 0.827. The van der Waals surface area contributed by atoms with Crippen molar-refractivity contribution in [3.05, 3.63) is 64.4 Å². The van der Waals surface area contributed by atoms with E-state index < -0.39 is 5.97 Å². The second kappa shape index (κ2) is 10.5. The molecule has 32 heavy (non-hydrogen) atoms. The van der Waals surface area contributed by atoms with Crippen LogP contribution in [0.4, 0.5) is 5.69 Å². The normalized spacial score (nSPS) is 11.0. The fraction of sp³-hybridized carbons (Fsp3) is 0.333. The molecule has 0 saturated carbocycles. The molecule has 0 aliphatic heterocycles. The molecule has 168 valence electrons. The Morgan fingerprint density at radius 2 is 1.81 bits per heavy atom. The fourth-order valence-corrected chi connectivity index (χ4v) is 4.19. The summed E-state index contributed by atoms with van der Waals surface area (Å²) in [5.74, 6) is -0.233. The van der Waals surface area contributed by atoms with Gasteiger partial charge in [-0.3, -0.25) is 14.2 Å². The second-order valence-electron chi connectivity index (χ2n) is 7.80. The van der Waals surface area contributed by atoms with Gasteiger partial charge in [-0.05, 0) is 36.6 Å². The number of benzene rings is 2. The predicted octanol–water partition coefficient (Wildman–Crippen LogP) is 3.98. The number of rotatable bonds is 8. The third-order valence-electron chi connectivity index (χ3n) is 5.13. The maximum absolute atomic E-state index is 13.1. The largest absolute Gasteiger partial charge is 0.465 e. The number of esters is 1. The number of carbonyl (C=O) groups excluding carboxylic acids is 2. The van der Waals surface area contributed by atoms with Gasteiger partial charge in [0.05, 0.1) is 35.0 Å². The number of ether oxygens (including phenoxy) is 1. The van der Waals surface area contributed by atoms with Crippen LogP contribution in [0.3, 0.4) is 0 Å². The van der Waals surface area contributed by atoms with Crippen LogP contribution < -0.4 is 10.5 Å². The Morgan fingerprint density at radius 3 is 2.53 bits per heavy atom. The number of para-hydroxylation sites is 2. The molecule has 0 aliphatic rings. The quantitative estimate of drug-likeness (QED) is 0.291. The van der Waals surface area contributed by atoms with Gasteiger partial charge < -0.3 is 9.64 Å². The van der Waals surface area contributed by atoms with Crippen molar-refractivity contribution in [3.63, 3.8) is 0 Å². The summed E-state index contributed by atoms with van der Waals surface area (Å²) < 4.78 is 6.48. The van der Waals surface area contributed by atoms with E-state index in [1.54, 1.807) is 48.0 Å². The van der Waals surface area contributed by atoms with Crippen LogP contribution in [0, 0.1) is 5.92 Å². The third kappa shape index (κ3) is 5.19. The highest BCUT2D eigenvalue weighted by Gasteiger charge is 2.20. The van der Waals surface area contributed by atoms with E-state index in [-0.39, 0.29) is 17.2 Å². The third-order valence-corrected chi connectivity index (χ3v) is 6.09. The van der Waals surface area contributed by atoms with Crippen molar-refractivity contribution in [1.29, 1.82) is 0 Å². The number of fused-ring (bicyclic) bond motifs is 1. The lowest BCUT2D eigenvalue weighted by Gasteiger charge is -2.20. The number of thioether (sulfide) groups is 1. The number of amides is 1. The average molecular weight is 454 g/mol. The number of carbonyl (C=O) groups is 2. The topological polar surface area (TPSA) is 81.5 Å². The Morgan fingerprint density at radius 1 is 1.12 bits per heavy atom. The molecule has 0 unspecified atom stereocenters. The molecule has 8 heteroatoms. The van der Waals surface area contributed by atoms with E-state index in [2.05, 4.69) is 18.8 Å².